The van der Waals surface area contributed by atoms with Gasteiger partial charge in [0.25, 0.3) is 0 Å². The summed E-state index contributed by atoms with van der Waals surface area (Å²) in [5.41, 5.74) is 2.71. The number of hydrogen-bond acceptors (Lipinski definition) is 5. The maximum Gasteiger partial charge on any atom is 0.389 e. The number of phenolic OH excluding ortho intramolecular Hbond substituents is 1. The van der Waals surface area contributed by atoms with E-state index >= 15 is 0 Å². The number of carbonyl (C=O) groups excluding carboxylic acids is 1. The first kappa shape index (κ1) is 22.9. The molecule has 0 heterocycles. The van der Waals surface area contributed by atoms with Crippen LogP contribution in [0.4, 0.5) is 0 Å². The number of carbonyl (C=O) groups is 1. The summed E-state index contributed by atoms with van der Waals surface area (Å²) in [5.74, 6) is 1.82. The van der Waals surface area contributed by atoms with Gasteiger partial charge in [0.05, 0.1) is 12.8 Å². The molecule has 168 valence electrons. The maximum atomic E-state index is 12.6. The predicted octanol–water partition coefficient (Wildman–Crippen LogP) is 6.18. The zero-order chi connectivity index (χ0) is 22.3. The van der Waals surface area contributed by atoms with Gasteiger partial charge in [-0.25, -0.2) is 0 Å². The first-order chi connectivity index (χ1) is 14.7. The fourth-order valence-corrected chi connectivity index (χ4v) is 9.59. The number of benzene rings is 1. The topological polar surface area (TPSA) is 80.7 Å². The summed E-state index contributed by atoms with van der Waals surface area (Å²) in [6.45, 7) is 5.49. The SMILES string of the molecule is C[P+](=O)C(CCC(=O)O[C@H]1CCC2C3CCc4cc(O)ccc4C3CCC21C)[P+](C)=O. The average molecular weight is 464 g/mol. The second-order valence-electron chi connectivity index (χ2n) is 10.0. The van der Waals surface area contributed by atoms with Crippen molar-refractivity contribution in [3.8, 4) is 5.75 Å². The molecular formula is C24H34O5P2+2. The zero-order valence-corrected chi connectivity index (χ0v) is 20.5. The van der Waals surface area contributed by atoms with E-state index < -0.39 is 21.0 Å². The maximum absolute atomic E-state index is 12.6. The molecule has 0 spiro atoms. The van der Waals surface area contributed by atoms with Crippen LogP contribution in [0, 0.1) is 17.3 Å². The van der Waals surface area contributed by atoms with Crippen molar-refractivity contribution in [1.29, 1.82) is 0 Å². The van der Waals surface area contributed by atoms with Crippen molar-refractivity contribution in [3.05, 3.63) is 29.3 Å². The minimum Gasteiger partial charge on any atom is -0.508 e. The summed E-state index contributed by atoms with van der Waals surface area (Å²) in [5, 5.41) is 9.45. The lowest BCUT2D eigenvalue weighted by molar-refractivity contribution is -0.157. The van der Waals surface area contributed by atoms with E-state index in [1.807, 2.05) is 12.1 Å². The quantitative estimate of drug-likeness (QED) is 0.402. The number of hydrogen-bond donors (Lipinski definition) is 1. The largest absolute Gasteiger partial charge is 0.508 e. The van der Waals surface area contributed by atoms with Crippen LogP contribution < -0.4 is 0 Å². The summed E-state index contributed by atoms with van der Waals surface area (Å²) in [6.07, 6.45) is 6.78. The number of aromatic hydroxyl groups is 1. The summed E-state index contributed by atoms with van der Waals surface area (Å²) in [4.78, 5) is 12.6. The third-order valence-electron chi connectivity index (χ3n) is 8.34. The Kier molecular flexibility index (Phi) is 6.57. The van der Waals surface area contributed by atoms with Gasteiger partial charge in [0.1, 0.15) is 25.2 Å². The molecule has 0 aliphatic heterocycles. The minimum atomic E-state index is -1.56. The zero-order valence-electron chi connectivity index (χ0n) is 18.8. The molecule has 6 unspecified atom stereocenters. The Bertz CT molecular complexity index is 886. The predicted molar refractivity (Wildman–Crippen MR) is 123 cm³/mol. The van der Waals surface area contributed by atoms with E-state index in [0.717, 1.165) is 38.5 Å². The van der Waals surface area contributed by atoms with Crippen LogP contribution in [0.2, 0.25) is 0 Å². The lowest BCUT2D eigenvalue weighted by atomic mass is 9.55. The highest BCUT2D eigenvalue weighted by Gasteiger charge is 2.56. The molecule has 5 nitrogen and oxygen atoms in total. The Morgan fingerprint density at radius 1 is 1.19 bits per heavy atom. The van der Waals surface area contributed by atoms with Gasteiger partial charge in [-0.15, -0.1) is 0 Å². The lowest BCUT2D eigenvalue weighted by Gasteiger charge is -2.50. The second kappa shape index (κ2) is 8.91. The summed E-state index contributed by atoms with van der Waals surface area (Å²) in [7, 11) is -3.12. The van der Waals surface area contributed by atoms with Gasteiger partial charge in [0.15, 0.2) is 0 Å². The van der Waals surface area contributed by atoms with Gasteiger partial charge in [-0.2, -0.15) is 0 Å². The van der Waals surface area contributed by atoms with Crippen LogP contribution in [0.15, 0.2) is 18.2 Å². The summed E-state index contributed by atoms with van der Waals surface area (Å²) < 4.78 is 29.6. The highest BCUT2D eigenvalue weighted by Crippen LogP contribution is 2.61. The van der Waals surface area contributed by atoms with Crippen molar-refractivity contribution in [2.45, 2.75) is 75.7 Å². The van der Waals surface area contributed by atoms with E-state index in [9.17, 15) is 19.0 Å². The molecule has 1 aromatic carbocycles. The van der Waals surface area contributed by atoms with Crippen LogP contribution in [0.1, 0.15) is 68.9 Å². The van der Waals surface area contributed by atoms with Crippen molar-refractivity contribution in [2.24, 2.45) is 17.3 Å². The Balaban J connectivity index is 1.42. The van der Waals surface area contributed by atoms with Gasteiger partial charge < -0.3 is 9.84 Å². The first-order valence-corrected chi connectivity index (χ1v) is 15.1. The van der Waals surface area contributed by atoms with Crippen LogP contribution >= 0.6 is 15.6 Å². The molecule has 0 amide bonds. The third-order valence-corrected chi connectivity index (χ3v) is 12.5. The van der Waals surface area contributed by atoms with Gasteiger partial charge in [-0.3, -0.25) is 4.79 Å². The highest BCUT2D eigenvalue weighted by molar-refractivity contribution is 7.63. The molecule has 1 N–H and O–H groups in total. The molecule has 0 bridgehead atoms. The monoisotopic (exact) mass is 464 g/mol. The first-order valence-electron chi connectivity index (χ1n) is 11.5. The van der Waals surface area contributed by atoms with E-state index in [2.05, 4.69) is 13.0 Å². The van der Waals surface area contributed by atoms with E-state index in [0.29, 0.717) is 29.9 Å². The number of rotatable bonds is 6. The van der Waals surface area contributed by atoms with Crippen LogP contribution in [-0.2, 0) is 25.1 Å². The normalized spacial score (nSPS) is 33.5. The number of esters is 1. The molecule has 0 aromatic heterocycles. The molecule has 2 saturated carbocycles. The molecule has 0 radical (unpaired) electrons. The van der Waals surface area contributed by atoms with Crippen molar-refractivity contribution in [3.63, 3.8) is 0 Å². The standard InChI is InChI=1S/C24H33O5P2/c1-24-13-12-18-17-7-5-16(25)14-15(17)4-6-19(18)20(24)8-9-21(24)29-22(26)10-11-23(30(2)27)31(3)28/h5,7,14,18-21,23H,4,6,8-13H2,1-3H3/q+1/p+1/t18?,19?,20?,21-,24?/m0/s1. The van der Waals surface area contributed by atoms with Gasteiger partial charge in [-0.1, -0.05) is 22.1 Å². The van der Waals surface area contributed by atoms with Crippen LogP contribution in [-0.4, -0.2) is 35.9 Å². The van der Waals surface area contributed by atoms with Crippen molar-refractivity contribution < 1.29 is 23.8 Å². The van der Waals surface area contributed by atoms with E-state index in [1.54, 1.807) is 13.3 Å². The highest BCUT2D eigenvalue weighted by atomic mass is 31.2. The van der Waals surface area contributed by atoms with Crippen molar-refractivity contribution in [2.75, 3.05) is 13.3 Å². The third kappa shape index (κ3) is 4.33. The smallest absolute Gasteiger partial charge is 0.389 e. The van der Waals surface area contributed by atoms with Crippen LogP contribution in [0.25, 0.3) is 0 Å². The molecule has 7 atom stereocenters. The van der Waals surface area contributed by atoms with Crippen LogP contribution in [0.3, 0.4) is 0 Å². The minimum absolute atomic E-state index is 0.0104. The summed E-state index contributed by atoms with van der Waals surface area (Å²) in [6, 6.07) is 5.86. The Morgan fingerprint density at radius 2 is 1.94 bits per heavy atom. The Labute approximate surface area is 186 Å². The molecule has 4 rings (SSSR count). The molecule has 3 aliphatic rings. The van der Waals surface area contributed by atoms with E-state index in [1.165, 1.54) is 11.1 Å². The molecule has 0 saturated heterocycles. The molecule has 2 fully saturated rings. The summed E-state index contributed by atoms with van der Waals surface area (Å²) >= 11 is 0. The Hall–Kier alpha value is -1.31. The van der Waals surface area contributed by atoms with Gasteiger partial charge in [0, 0.05) is 5.41 Å². The molecular weight excluding hydrogens is 430 g/mol. The van der Waals surface area contributed by atoms with Crippen molar-refractivity contribution in [1.82, 2.24) is 0 Å². The van der Waals surface area contributed by atoms with Gasteiger partial charge in [0.2, 0.25) is 0 Å². The lowest BCUT2D eigenvalue weighted by Crippen LogP contribution is -2.45. The fourth-order valence-electron chi connectivity index (χ4n) is 6.77. The van der Waals surface area contributed by atoms with Gasteiger partial charge in [-0.05, 0) is 79.5 Å². The second-order valence-corrected chi connectivity index (χ2v) is 13.8. The van der Waals surface area contributed by atoms with Crippen molar-refractivity contribution >= 4 is 21.6 Å². The number of fused-ring (bicyclic) bond motifs is 5. The molecule has 31 heavy (non-hydrogen) atoms. The van der Waals surface area contributed by atoms with E-state index in [4.69, 9.17) is 4.74 Å². The number of ether oxygens (including phenoxy) is 1. The van der Waals surface area contributed by atoms with Crippen LogP contribution in [0.5, 0.6) is 5.75 Å². The van der Waals surface area contributed by atoms with Gasteiger partial charge >= 0.3 is 27.0 Å². The Morgan fingerprint density at radius 3 is 2.65 bits per heavy atom. The molecule has 1 aromatic rings. The molecule has 3 aliphatic carbocycles. The number of phenols is 1. The fraction of sp³-hybridized carbons (Fsp3) is 0.708. The molecule has 7 heteroatoms. The average Bonchev–Trinajstić information content (AvgIpc) is 3.03. The number of aryl methyl sites for hydroxylation is 1. The van der Waals surface area contributed by atoms with E-state index in [-0.39, 0.29) is 23.9 Å².